The number of nitrogens with one attached hydrogen (secondary N) is 1. The molecule has 0 spiro atoms. The van der Waals surface area contributed by atoms with Gasteiger partial charge in [0.2, 0.25) is 0 Å². The fourth-order valence-corrected chi connectivity index (χ4v) is 2.56. The van der Waals surface area contributed by atoms with Gasteiger partial charge in [-0.15, -0.1) is 11.3 Å². The van der Waals surface area contributed by atoms with Crippen molar-refractivity contribution in [3.8, 4) is 10.8 Å². The fraction of sp³-hybridized carbons (Fsp3) is 0.417. The molecule has 16 heavy (non-hydrogen) atoms. The molecule has 0 saturated carbocycles. The van der Waals surface area contributed by atoms with Gasteiger partial charge in [-0.1, -0.05) is 6.92 Å². The number of rotatable bonds is 4. The fourth-order valence-electron chi connectivity index (χ4n) is 1.59. The first-order valence-corrected chi connectivity index (χ1v) is 6.33. The molecule has 2 aromatic rings. The van der Waals surface area contributed by atoms with Gasteiger partial charge in [0.05, 0.1) is 12.0 Å². The molecule has 0 aliphatic carbocycles. The van der Waals surface area contributed by atoms with Crippen LogP contribution in [0.4, 0.5) is 0 Å². The van der Waals surface area contributed by atoms with Crippen molar-refractivity contribution in [1.82, 2.24) is 10.3 Å². The Morgan fingerprint density at radius 3 is 3.00 bits per heavy atom. The third-order valence-electron chi connectivity index (χ3n) is 2.53. The summed E-state index contributed by atoms with van der Waals surface area (Å²) in [6.45, 7) is 7.21. The highest BCUT2D eigenvalue weighted by molar-refractivity contribution is 7.13. The van der Waals surface area contributed by atoms with Crippen molar-refractivity contribution < 1.29 is 4.42 Å². The van der Waals surface area contributed by atoms with Crippen molar-refractivity contribution >= 4 is 11.3 Å². The molecule has 0 amide bonds. The third kappa shape index (κ3) is 2.18. The van der Waals surface area contributed by atoms with Crippen molar-refractivity contribution in [2.45, 2.75) is 26.8 Å². The van der Waals surface area contributed by atoms with Gasteiger partial charge in [0.25, 0.3) is 0 Å². The second kappa shape index (κ2) is 4.80. The SMILES string of the molecule is CCNC(C)c1csc(-c2occc2C)n1. The zero-order chi connectivity index (χ0) is 11.5. The summed E-state index contributed by atoms with van der Waals surface area (Å²) < 4.78 is 5.43. The van der Waals surface area contributed by atoms with E-state index in [2.05, 4.69) is 29.5 Å². The molecule has 1 unspecified atom stereocenters. The number of aryl methyl sites for hydroxylation is 1. The summed E-state index contributed by atoms with van der Waals surface area (Å²) in [6.07, 6.45) is 1.71. The van der Waals surface area contributed by atoms with Crippen molar-refractivity contribution in [1.29, 1.82) is 0 Å². The number of furan rings is 1. The predicted octanol–water partition coefficient (Wildman–Crippen LogP) is 3.38. The minimum absolute atomic E-state index is 0.297. The van der Waals surface area contributed by atoms with Crippen LogP contribution in [0.15, 0.2) is 22.1 Å². The van der Waals surface area contributed by atoms with Gasteiger partial charge in [-0.2, -0.15) is 0 Å². The standard InChI is InChI=1S/C12H16N2OS/c1-4-13-9(3)10-7-16-12(14-10)11-8(2)5-6-15-11/h5-7,9,13H,4H2,1-3H3. The molecule has 0 fully saturated rings. The first-order chi connectivity index (χ1) is 7.72. The van der Waals surface area contributed by atoms with E-state index < -0.39 is 0 Å². The van der Waals surface area contributed by atoms with Crippen LogP contribution in [0.5, 0.6) is 0 Å². The van der Waals surface area contributed by atoms with E-state index >= 15 is 0 Å². The molecule has 0 aliphatic rings. The molecule has 4 heteroatoms. The zero-order valence-corrected chi connectivity index (χ0v) is 10.6. The van der Waals surface area contributed by atoms with Crippen LogP contribution in [-0.4, -0.2) is 11.5 Å². The Morgan fingerprint density at radius 2 is 2.38 bits per heavy atom. The van der Waals surface area contributed by atoms with Crippen molar-refractivity contribution in [3.63, 3.8) is 0 Å². The zero-order valence-electron chi connectivity index (χ0n) is 9.78. The molecule has 86 valence electrons. The third-order valence-corrected chi connectivity index (χ3v) is 3.39. The van der Waals surface area contributed by atoms with Gasteiger partial charge in [-0.3, -0.25) is 0 Å². The maximum atomic E-state index is 5.43. The average Bonchev–Trinajstić information content (AvgIpc) is 2.86. The molecule has 1 N–H and O–H groups in total. The summed E-state index contributed by atoms with van der Waals surface area (Å²) in [5, 5.41) is 6.40. The van der Waals surface area contributed by atoms with Gasteiger partial charge in [-0.05, 0) is 32.0 Å². The summed E-state index contributed by atoms with van der Waals surface area (Å²) in [4.78, 5) is 4.59. The smallest absolute Gasteiger partial charge is 0.165 e. The summed E-state index contributed by atoms with van der Waals surface area (Å²) in [7, 11) is 0. The van der Waals surface area contributed by atoms with E-state index in [1.807, 2.05) is 13.0 Å². The second-order valence-electron chi connectivity index (χ2n) is 3.79. The molecule has 0 saturated heterocycles. The van der Waals surface area contributed by atoms with Crippen molar-refractivity contribution in [2.24, 2.45) is 0 Å². The van der Waals surface area contributed by atoms with Crippen LogP contribution < -0.4 is 5.32 Å². The van der Waals surface area contributed by atoms with Crippen molar-refractivity contribution in [3.05, 3.63) is 29.0 Å². The molecule has 0 radical (unpaired) electrons. The Labute approximate surface area is 99.5 Å². The molecule has 2 rings (SSSR count). The van der Waals surface area contributed by atoms with E-state index in [1.165, 1.54) is 0 Å². The predicted molar refractivity (Wildman–Crippen MR) is 66.6 cm³/mol. The van der Waals surface area contributed by atoms with Gasteiger partial charge < -0.3 is 9.73 Å². The second-order valence-corrected chi connectivity index (χ2v) is 4.65. The van der Waals surface area contributed by atoms with E-state index in [0.717, 1.165) is 28.6 Å². The number of nitrogens with zero attached hydrogens (tertiary/aromatic N) is 1. The molecule has 2 aromatic heterocycles. The quantitative estimate of drug-likeness (QED) is 0.884. The molecule has 2 heterocycles. The minimum atomic E-state index is 0.297. The van der Waals surface area contributed by atoms with E-state index in [9.17, 15) is 0 Å². The van der Waals surface area contributed by atoms with Gasteiger partial charge in [-0.25, -0.2) is 4.98 Å². The molecule has 1 atom stereocenters. The molecular weight excluding hydrogens is 220 g/mol. The van der Waals surface area contributed by atoms with Gasteiger partial charge >= 0.3 is 0 Å². The molecular formula is C12H16N2OS. The Balaban J connectivity index is 2.23. The highest BCUT2D eigenvalue weighted by atomic mass is 32.1. The van der Waals surface area contributed by atoms with Crippen molar-refractivity contribution in [2.75, 3.05) is 6.54 Å². The van der Waals surface area contributed by atoms with Crippen LogP contribution in [0, 0.1) is 6.92 Å². The number of thiazole rings is 1. The normalized spacial score (nSPS) is 12.9. The van der Waals surface area contributed by atoms with Crippen LogP contribution in [0.25, 0.3) is 10.8 Å². The summed E-state index contributed by atoms with van der Waals surface area (Å²) in [6, 6.07) is 2.26. The molecule has 0 aliphatic heterocycles. The molecule has 3 nitrogen and oxygen atoms in total. The Bertz CT molecular complexity index is 461. The summed E-state index contributed by atoms with van der Waals surface area (Å²) in [5.74, 6) is 0.889. The average molecular weight is 236 g/mol. The van der Waals surface area contributed by atoms with Gasteiger partial charge in [0.1, 0.15) is 0 Å². The van der Waals surface area contributed by atoms with E-state index in [4.69, 9.17) is 4.42 Å². The minimum Gasteiger partial charge on any atom is -0.462 e. The first-order valence-electron chi connectivity index (χ1n) is 5.45. The highest BCUT2D eigenvalue weighted by Crippen LogP contribution is 2.29. The van der Waals surface area contributed by atoms with E-state index in [-0.39, 0.29) is 0 Å². The maximum Gasteiger partial charge on any atom is 0.165 e. The lowest BCUT2D eigenvalue weighted by molar-refractivity contribution is 0.574. The Hall–Kier alpha value is -1.13. The van der Waals surface area contributed by atoms with E-state index in [0.29, 0.717) is 6.04 Å². The first kappa shape index (κ1) is 11.4. The summed E-state index contributed by atoms with van der Waals surface area (Å²) in [5.41, 5.74) is 2.22. The van der Waals surface area contributed by atoms with E-state index in [1.54, 1.807) is 17.6 Å². The monoisotopic (exact) mass is 236 g/mol. The van der Waals surface area contributed by atoms with Crippen LogP contribution in [-0.2, 0) is 0 Å². The van der Waals surface area contributed by atoms with Gasteiger partial charge in [0.15, 0.2) is 10.8 Å². The lowest BCUT2D eigenvalue weighted by Gasteiger charge is -2.07. The molecule has 0 bridgehead atoms. The number of hydrogen-bond donors (Lipinski definition) is 1. The Kier molecular flexibility index (Phi) is 3.41. The largest absolute Gasteiger partial charge is 0.462 e. The summed E-state index contributed by atoms with van der Waals surface area (Å²) >= 11 is 1.63. The maximum absolute atomic E-state index is 5.43. The van der Waals surface area contributed by atoms with Gasteiger partial charge in [0, 0.05) is 11.4 Å². The number of hydrogen-bond acceptors (Lipinski definition) is 4. The molecule has 0 aromatic carbocycles. The Morgan fingerprint density at radius 1 is 1.56 bits per heavy atom. The highest BCUT2D eigenvalue weighted by Gasteiger charge is 2.13. The lowest BCUT2D eigenvalue weighted by Crippen LogP contribution is -2.17. The van der Waals surface area contributed by atoms with Crippen LogP contribution in [0.1, 0.15) is 31.1 Å². The van der Waals surface area contributed by atoms with Crippen LogP contribution in [0.2, 0.25) is 0 Å². The lowest BCUT2D eigenvalue weighted by atomic mass is 10.2. The van der Waals surface area contributed by atoms with Crippen LogP contribution >= 0.6 is 11.3 Å². The van der Waals surface area contributed by atoms with Crippen LogP contribution in [0.3, 0.4) is 0 Å². The topological polar surface area (TPSA) is 38.1 Å². The number of aromatic nitrogens is 1.